The van der Waals surface area contributed by atoms with E-state index in [2.05, 4.69) is 15.5 Å². The van der Waals surface area contributed by atoms with Gasteiger partial charge in [-0.05, 0) is 19.1 Å². The van der Waals surface area contributed by atoms with Crippen LogP contribution in [-0.2, 0) is 4.74 Å². The summed E-state index contributed by atoms with van der Waals surface area (Å²) < 4.78 is 16.3. The minimum absolute atomic E-state index is 0.0907. The van der Waals surface area contributed by atoms with Gasteiger partial charge in [0, 0.05) is 26.2 Å². The van der Waals surface area contributed by atoms with Crippen LogP contribution in [0.15, 0.2) is 24.3 Å². The third-order valence-electron chi connectivity index (χ3n) is 3.43. The minimum atomic E-state index is -0.243. The van der Waals surface area contributed by atoms with Crippen molar-refractivity contribution in [2.24, 2.45) is 0 Å². The van der Waals surface area contributed by atoms with E-state index >= 15 is 0 Å². The molecule has 23 heavy (non-hydrogen) atoms. The molecule has 2 rings (SSSR count). The fourth-order valence-corrected chi connectivity index (χ4v) is 2.24. The molecule has 1 saturated heterocycles. The molecule has 0 atom stereocenters. The SMILES string of the molecule is CCOc1ccccc1OCNC(=O)NCCN1CCOCC1. The summed E-state index contributed by atoms with van der Waals surface area (Å²) in [5.74, 6) is 1.28. The lowest BCUT2D eigenvalue weighted by molar-refractivity contribution is 0.0387. The number of nitrogens with zero attached hydrogens (tertiary/aromatic N) is 1. The molecule has 0 spiro atoms. The normalized spacial score (nSPS) is 15.0. The summed E-state index contributed by atoms with van der Waals surface area (Å²) in [7, 11) is 0. The van der Waals surface area contributed by atoms with Crippen molar-refractivity contribution in [2.45, 2.75) is 6.92 Å². The summed E-state index contributed by atoms with van der Waals surface area (Å²) in [6.45, 7) is 7.35. The first-order valence-electron chi connectivity index (χ1n) is 7.96. The van der Waals surface area contributed by atoms with Crippen molar-refractivity contribution < 1.29 is 19.0 Å². The lowest BCUT2D eigenvalue weighted by Crippen LogP contribution is -2.44. The first-order valence-corrected chi connectivity index (χ1v) is 7.96. The predicted octanol–water partition coefficient (Wildman–Crippen LogP) is 1.05. The lowest BCUT2D eigenvalue weighted by Gasteiger charge is -2.26. The number of rotatable bonds is 8. The molecule has 1 aromatic carbocycles. The van der Waals surface area contributed by atoms with Crippen LogP contribution in [0.1, 0.15) is 6.92 Å². The van der Waals surface area contributed by atoms with E-state index in [0.29, 0.717) is 24.7 Å². The molecule has 0 aromatic heterocycles. The Balaban J connectivity index is 1.61. The molecular formula is C16H25N3O4. The molecule has 1 heterocycles. The Kier molecular flexibility index (Phi) is 7.48. The molecule has 0 bridgehead atoms. The second kappa shape index (κ2) is 9.91. The molecule has 1 aliphatic heterocycles. The van der Waals surface area contributed by atoms with Crippen LogP contribution in [0.4, 0.5) is 4.79 Å². The van der Waals surface area contributed by atoms with E-state index in [1.807, 2.05) is 31.2 Å². The molecule has 1 aromatic rings. The molecule has 1 aliphatic rings. The highest BCUT2D eigenvalue weighted by Crippen LogP contribution is 2.25. The molecule has 0 aliphatic carbocycles. The zero-order valence-corrected chi connectivity index (χ0v) is 13.5. The quantitative estimate of drug-likeness (QED) is 0.700. The van der Waals surface area contributed by atoms with Gasteiger partial charge < -0.3 is 24.8 Å². The van der Waals surface area contributed by atoms with Gasteiger partial charge in [-0.1, -0.05) is 12.1 Å². The maximum absolute atomic E-state index is 11.7. The molecule has 128 valence electrons. The van der Waals surface area contributed by atoms with Gasteiger partial charge in [-0.3, -0.25) is 4.90 Å². The molecule has 0 unspecified atom stereocenters. The zero-order chi connectivity index (χ0) is 16.3. The maximum Gasteiger partial charge on any atom is 0.317 e. The summed E-state index contributed by atoms with van der Waals surface area (Å²) in [6.07, 6.45) is 0. The Morgan fingerprint density at radius 1 is 1.17 bits per heavy atom. The maximum atomic E-state index is 11.7. The standard InChI is InChI=1S/C16H25N3O4/c1-2-22-14-5-3-4-6-15(14)23-13-18-16(20)17-7-8-19-9-11-21-12-10-19/h3-6H,2,7-13H2,1H3,(H2,17,18,20). The van der Waals surface area contributed by atoms with Gasteiger partial charge in [0.2, 0.25) is 0 Å². The van der Waals surface area contributed by atoms with Crippen LogP contribution in [0.25, 0.3) is 0 Å². The highest BCUT2D eigenvalue weighted by molar-refractivity contribution is 5.73. The Bertz CT molecular complexity index is 478. The van der Waals surface area contributed by atoms with Crippen LogP contribution in [-0.4, -0.2) is 63.7 Å². The van der Waals surface area contributed by atoms with Crippen LogP contribution in [0, 0.1) is 0 Å². The molecule has 7 nitrogen and oxygen atoms in total. The molecule has 2 N–H and O–H groups in total. The topological polar surface area (TPSA) is 72.1 Å². The van der Waals surface area contributed by atoms with Crippen molar-refractivity contribution in [1.29, 1.82) is 0 Å². The molecule has 0 saturated carbocycles. The molecule has 1 fully saturated rings. The van der Waals surface area contributed by atoms with E-state index < -0.39 is 0 Å². The Morgan fingerprint density at radius 2 is 1.87 bits per heavy atom. The number of carbonyl (C=O) groups excluding carboxylic acids is 1. The Hall–Kier alpha value is -1.99. The number of nitrogens with one attached hydrogen (secondary N) is 2. The number of hydrogen-bond acceptors (Lipinski definition) is 5. The van der Waals surface area contributed by atoms with Crippen molar-refractivity contribution in [3.05, 3.63) is 24.3 Å². The number of urea groups is 1. The van der Waals surface area contributed by atoms with Gasteiger partial charge in [0.1, 0.15) is 0 Å². The average molecular weight is 323 g/mol. The van der Waals surface area contributed by atoms with Crippen molar-refractivity contribution in [3.8, 4) is 11.5 Å². The second-order valence-electron chi connectivity index (χ2n) is 5.06. The summed E-state index contributed by atoms with van der Waals surface area (Å²) in [4.78, 5) is 14.0. The van der Waals surface area contributed by atoms with Gasteiger partial charge in [-0.2, -0.15) is 0 Å². The number of benzene rings is 1. The first kappa shape index (κ1) is 17.4. The van der Waals surface area contributed by atoms with Gasteiger partial charge >= 0.3 is 6.03 Å². The molecule has 7 heteroatoms. The van der Waals surface area contributed by atoms with Crippen LogP contribution in [0.5, 0.6) is 11.5 Å². The summed E-state index contributed by atoms with van der Waals surface area (Å²) in [5.41, 5.74) is 0. The van der Waals surface area contributed by atoms with Crippen LogP contribution in [0.3, 0.4) is 0 Å². The van der Waals surface area contributed by atoms with Gasteiger partial charge in [-0.15, -0.1) is 0 Å². The van der Waals surface area contributed by atoms with Crippen LogP contribution in [0.2, 0.25) is 0 Å². The first-order chi connectivity index (χ1) is 11.3. The van der Waals surface area contributed by atoms with E-state index in [0.717, 1.165) is 32.8 Å². The predicted molar refractivity (Wildman–Crippen MR) is 86.9 cm³/mol. The fraction of sp³-hybridized carbons (Fsp3) is 0.562. The number of para-hydroxylation sites is 2. The number of hydrogen-bond donors (Lipinski definition) is 2. The third-order valence-corrected chi connectivity index (χ3v) is 3.43. The second-order valence-corrected chi connectivity index (χ2v) is 5.06. The monoisotopic (exact) mass is 323 g/mol. The van der Waals surface area contributed by atoms with Crippen molar-refractivity contribution in [2.75, 3.05) is 52.7 Å². The third kappa shape index (κ3) is 6.33. The Labute approximate surface area is 136 Å². The van der Waals surface area contributed by atoms with E-state index in [-0.39, 0.29) is 12.8 Å². The van der Waals surface area contributed by atoms with Gasteiger partial charge in [0.05, 0.1) is 19.8 Å². The van der Waals surface area contributed by atoms with Crippen molar-refractivity contribution in [1.82, 2.24) is 15.5 Å². The zero-order valence-electron chi connectivity index (χ0n) is 13.5. The molecule has 0 radical (unpaired) electrons. The number of ether oxygens (including phenoxy) is 3. The highest BCUT2D eigenvalue weighted by Gasteiger charge is 2.10. The van der Waals surface area contributed by atoms with E-state index in [4.69, 9.17) is 14.2 Å². The fourth-order valence-electron chi connectivity index (χ4n) is 2.24. The number of amides is 2. The van der Waals surface area contributed by atoms with Crippen molar-refractivity contribution in [3.63, 3.8) is 0 Å². The minimum Gasteiger partial charge on any atom is -0.490 e. The summed E-state index contributed by atoms with van der Waals surface area (Å²) >= 11 is 0. The number of carbonyl (C=O) groups is 1. The molecular weight excluding hydrogens is 298 g/mol. The lowest BCUT2D eigenvalue weighted by atomic mass is 10.3. The van der Waals surface area contributed by atoms with Crippen LogP contribution < -0.4 is 20.1 Å². The van der Waals surface area contributed by atoms with Gasteiger partial charge in [0.15, 0.2) is 18.2 Å². The van der Waals surface area contributed by atoms with Crippen LogP contribution >= 0.6 is 0 Å². The smallest absolute Gasteiger partial charge is 0.317 e. The number of morpholine rings is 1. The molecule has 2 amide bonds. The van der Waals surface area contributed by atoms with E-state index in [1.165, 1.54) is 0 Å². The highest BCUT2D eigenvalue weighted by atomic mass is 16.5. The van der Waals surface area contributed by atoms with Crippen molar-refractivity contribution >= 4 is 6.03 Å². The largest absolute Gasteiger partial charge is 0.490 e. The Morgan fingerprint density at radius 3 is 2.57 bits per heavy atom. The summed E-state index contributed by atoms with van der Waals surface area (Å²) in [6, 6.07) is 7.14. The van der Waals surface area contributed by atoms with E-state index in [9.17, 15) is 4.79 Å². The summed E-state index contributed by atoms with van der Waals surface area (Å²) in [5, 5.41) is 5.48. The van der Waals surface area contributed by atoms with Gasteiger partial charge in [-0.25, -0.2) is 4.79 Å². The van der Waals surface area contributed by atoms with E-state index in [1.54, 1.807) is 0 Å². The van der Waals surface area contributed by atoms with Gasteiger partial charge in [0.25, 0.3) is 0 Å². The average Bonchev–Trinajstić information content (AvgIpc) is 2.58.